The lowest BCUT2D eigenvalue weighted by atomic mass is 9.83. The Morgan fingerprint density at radius 3 is 2.21 bits per heavy atom. The van der Waals surface area contributed by atoms with Crippen molar-refractivity contribution < 1.29 is 4.74 Å². The van der Waals surface area contributed by atoms with Gasteiger partial charge in [0.2, 0.25) is 0 Å². The highest BCUT2D eigenvalue weighted by Crippen LogP contribution is 2.44. The summed E-state index contributed by atoms with van der Waals surface area (Å²) in [6, 6.07) is 4.19. The van der Waals surface area contributed by atoms with Gasteiger partial charge in [-0.2, -0.15) is 0 Å². The largest absolute Gasteiger partial charge is 0.379 e. The second kappa shape index (κ2) is 14.9. The topological polar surface area (TPSA) is 49.8 Å². The Bertz CT molecular complexity index is 809. The zero-order valence-electron chi connectivity index (χ0n) is 22.3. The normalized spacial score (nSPS) is 19.0. The van der Waals surface area contributed by atoms with Crippen molar-refractivity contribution in [2.45, 2.75) is 66.8 Å². The van der Waals surface area contributed by atoms with E-state index in [1.807, 2.05) is 33.2 Å². The summed E-state index contributed by atoms with van der Waals surface area (Å²) >= 11 is 0. The molecule has 2 aliphatic carbocycles. The number of morpholine rings is 1. The maximum absolute atomic E-state index is 5.40. The lowest BCUT2D eigenvalue weighted by Crippen LogP contribution is -2.35. The first-order valence-corrected chi connectivity index (χ1v) is 13.0. The summed E-state index contributed by atoms with van der Waals surface area (Å²) in [4.78, 5) is 11.4. The molecule has 1 N–H and O–H groups in total. The van der Waals surface area contributed by atoms with Gasteiger partial charge in [-0.1, -0.05) is 70.6 Å². The molecular formula is C29H46N4O. The summed E-state index contributed by atoms with van der Waals surface area (Å²) in [5, 5.41) is 3.37. The molecule has 2 fully saturated rings. The quantitative estimate of drug-likeness (QED) is 0.390. The number of amidine groups is 1. The van der Waals surface area contributed by atoms with Crippen LogP contribution < -0.4 is 5.32 Å². The third-order valence-electron chi connectivity index (χ3n) is 5.89. The van der Waals surface area contributed by atoms with E-state index in [0.717, 1.165) is 50.4 Å². The molecule has 34 heavy (non-hydrogen) atoms. The fourth-order valence-electron chi connectivity index (χ4n) is 3.93. The minimum atomic E-state index is 0.175. The molecule has 3 aliphatic rings. The molecule has 2 heterocycles. The monoisotopic (exact) mass is 466 g/mol. The van der Waals surface area contributed by atoms with Crippen LogP contribution in [0.4, 0.5) is 5.82 Å². The third-order valence-corrected chi connectivity index (χ3v) is 5.89. The van der Waals surface area contributed by atoms with E-state index in [9.17, 15) is 0 Å². The van der Waals surface area contributed by atoms with Crippen LogP contribution in [0.2, 0.25) is 0 Å². The number of aromatic nitrogens is 1. The molecule has 1 aliphatic heterocycles. The van der Waals surface area contributed by atoms with Gasteiger partial charge in [0.25, 0.3) is 0 Å². The van der Waals surface area contributed by atoms with E-state index in [-0.39, 0.29) is 5.41 Å². The summed E-state index contributed by atoms with van der Waals surface area (Å²) in [5.74, 6) is 2.45. The molecule has 1 aromatic rings. The standard InChI is InChI=1S/C21H32N4O.C6H8.C2H6/c1-21(2,3)18(17-6-7-17)13-20(22-4)24-19-8-5-16(14-23-19)15-25-9-11-26-12-10-25;1-2-4-6-5-3-1;1-2/h5,8,13-14,17H,6-7,9-12,15H2,1-4H3,(H,22,23,24);1-4H,5-6H2;1-2H3/b18-13+;;. The van der Waals surface area contributed by atoms with Crippen LogP contribution in [0.25, 0.3) is 0 Å². The summed E-state index contributed by atoms with van der Waals surface area (Å²) in [7, 11) is 1.83. The highest BCUT2D eigenvalue weighted by molar-refractivity contribution is 6.03. The predicted molar refractivity (Wildman–Crippen MR) is 146 cm³/mol. The van der Waals surface area contributed by atoms with Gasteiger partial charge in [-0.05, 0) is 54.7 Å². The SMILES string of the molecule is C1=CCCC=C1.CC.CN=C(/C=C(\C1CC1)C(C)(C)C)Nc1ccc(CN2CCOCC2)cn1. The molecule has 0 bridgehead atoms. The molecule has 0 amide bonds. The first kappa shape index (κ1) is 28.0. The fraction of sp³-hybridized carbons (Fsp3) is 0.586. The fourth-order valence-corrected chi connectivity index (χ4v) is 3.93. The van der Waals surface area contributed by atoms with Gasteiger partial charge >= 0.3 is 0 Å². The molecule has 0 spiro atoms. The van der Waals surface area contributed by atoms with Crippen LogP contribution >= 0.6 is 0 Å². The smallest absolute Gasteiger partial charge is 0.131 e. The number of anilines is 1. The Morgan fingerprint density at radius 2 is 1.76 bits per heavy atom. The molecule has 1 aromatic heterocycles. The number of hydrogen-bond acceptors (Lipinski definition) is 4. The van der Waals surface area contributed by atoms with E-state index < -0.39 is 0 Å². The number of nitrogens with one attached hydrogen (secondary N) is 1. The number of ether oxygens (including phenoxy) is 1. The van der Waals surface area contributed by atoms with Crippen LogP contribution in [0.3, 0.4) is 0 Å². The average molecular weight is 467 g/mol. The minimum Gasteiger partial charge on any atom is -0.379 e. The van der Waals surface area contributed by atoms with Crippen molar-refractivity contribution in [3.63, 3.8) is 0 Å². The molecule has 5 heteroatoms. The number of hydrogen-bond donors (Lipinski definition) is 1. The van der Waals surface area contributed by atoms with Gasteiger partial charge in [-0.3, -0.25) is 9.89 Å². The van der Waals surface area contributed by atoms with E-state index >= 15 is 0 Å². The number of nitrogens with zero attached hydrogens (tertiary/aromatic N) is 3. The zero-order valence-corrected chi connectivity index (χ0v) is 22.3. The molecule has 1 saturated carbocycles. The van der Waals surface area contributed by atoms with Gasteiger partial charge in [-0.15, -0.1) is 0 Å². The molecule has 5 nitrogen and oxygen atoms in total. The van der Waals surface area contributed by atoms with E-state index in [0.29, 0.717) is 0 Å². The average Bonchev–Trinajstić information content (AvgIpc) is 3.70. The summed E-state index contributed by atoms with van der Waals surface area (Å²) in [5.41, 5.74) is 2.89. The number of pyridine rings is 1. The van der Waals surface area contributed by atoms with Crippen LogP contribution in [-0.2, 0) is 11.3 Å². The van der Waals surface area contributed by atoms with Gasteiger partial charge in [0.05, 0.1) is 13.2 Å². The molecule has 1 saturated heterocycles. The van der Waals surface area contributed by atoms with Gasteiger partial charge in [-0.25, -0.2) is 4.98 Å². The number of aliphatic imine (C=N–C) groups is 1. The van der Waals surface area contributed by atoms with Gasteiger partial charge in [0, 0.05) is 32.9 Å². The lowest BCUT2D eigenvalue weighted by molar-refractivity contribution is 0.0341. The first-order chi connectivity index (χ1) is 16.5. The number of rotatable bonds is 5. The number of allylic oxidation sites excluding steroid dienone is 5. The molecule has 0 aromatic carbocycles. The minimum absolute atomic E-state index is 0.175. The molecule has 4 rings (SSSR count). The summed E-state index contributed by atoms with van der Waals surface area (Å²) < 4.78 is 5.40. The Labute approximate surface area is 208 Å². The molecule has 0 radical (unpaired) electrons. The van der Waals surface area contributed by atoms with Crippen LogP contribution in [-0.4, -0.2) is 49.1 Å². The van der Waals surface area contributed by atoms with Crippen molar-refractivity contribution in [2.24, 2.45) is 16.3 Å². The first-order valence-electron chi connectivity index (χ1n) is 13.0. The van der Waals surface area contributed by atoms with Crippen molar-refractivity contribution >= 4 is 11.7 Å². The van der Waals surface area contributed by atoms with Crippen molar-refractivity contribution in [3.8, 4) is 0 Å². The van der Waals surface area contributed by atoms with Crippen molar-refractivity contribution in [1.29, 1.82) is 0 Å². The van der Waals surface area contributed by atoms with Gasteiger partial charge in [0.1, 0.15) is 11.7 Å². The molecule has 0 atom stereocenters. The Morgan fingerprint density at radius 1 is 1.12 bits per heavy atom. The Hall–Kier alpha value is -2.24. The molecular weight excluding hydrogens is 420 g/mol. The maximum atomic E-state index is 5.40. The predicted octanol–water partition coefficient (Wildman–Crippen LogP) is 6.66. The van der Waals surface area contributed by atoms with Crippen LogP contribution in [0.15, 0.2) is 59.3 Å². The maximum Gasteiger partial charge on any atom is 0.131 e. The van der Waals surface area contributed by atoms with Crippen molar-refractivity contribution in [3.05, 3.63) is 59.8 Å². The summed E-state index contributed by atoms with van der Waals surface area (Å²) in [6.07, 6.45) is 17.8. The van der Waals surface area contributed by atoms with Crippen molar-refractivity contribution in [1.82, 2.24) is 9.88 Å². The van der Waals surface area contributed by atoms with Gasteiger partial charge < -0.3 is 10.1 Å². The Balaban J connectivity index is 0.000000437. The second-order valence-corrected chi connectivity index (χ2v) is 9.73. The van der Waals surface area contributed by atoms with Crippen LogP contribution in [0.5, 0.6) is 0 Å². The van der Waals surface area contributed by atoms with Gasteiger partial charge in [0.15, 0.2) is 0 Å². The molecule has 0 unspecified atom stereocenters. The third kappa shape index (κ3) is 10.4. The van der Waals surface area contributed by atoms with Crippen LogP contribution in [0.1, 0.15) is 65.9 Å². The van der Waals surface area contributed by atoms with E-state index in [4.69, 9.17) is 4.74 Å². The highest BCUT2D eigenvalue weighted by Gasteiger charge is 2.33. The Kier molecular flexibility index (Phi) is 12.3. The zero-order chi connectivity index (χ0) is 24.8. The highest BCUT2D eigenvalue weighted by atomic mass is 16.5. The lowest BCUT2D eigenvalue weighted by Gasteiger charge is -2.26. The van der Waals surface area contributed by atoms with E-state index in [2.05, 4.69) is 77.4 Å². The summed E-state index contributed by atoms with van der Waals surface area (Å²) in [6.45, 7) is 15.4. The van der Waals surface area contributed by atoms with Crippen LogP contribution in [0, 0.1) is 11.3 Å². The van der Waals surface area contributed by atoms with Crippen molar-refractivity contribution in [2.75, 3.05) is 38.7 Å². The van der Waals surface area contributed by atoms with E-state index in [1.165, 1.54) is 36.8 Å². The second-order valence-electron chi connectivity index (χ2n) is 9.73. The van der Waals surface area contributed by atoms with E-state index in [1.54, 1.807) is 0 Å². The molecule has 188 valence electrons.